The van der Waals surface area contributed by atoms with Crippen LogP contribution in [-0.4, -0.2) is 38.5 Å². The number of carbonyl (C=O) groups excluding carboxylic acids is 1. The Bertz CT molecular complexity index is 472. The molecule has 1 fully saturated rings. The Hall–Kier alpha value is -1.79. The quantitative estimate of drug-likeness (QED) is 0.805. The number of ether oxygens (including phenoxy) is 3. The first-order valence-electron chi connectivity index (χ1n) is 6.32. The van der Waals surface area contributed by atoms with Crippen LogP contribution < -0.4 is 20.1 Å². The lowest BCUT2D eigenvalue weighted by Crippen LogP contribution is -2.47. The van der Waals surface area contributed by atoms with Crippen molar-refractivity contribution in [1.82, 2.24) is 10.6 Å². The summed E-state index contributed by atoms with van der Waals surface area (Å²) in [5.74, 6) is 1.33. The molecule has 6 heteroatoms. The molecule has 1 saturated heterocycles. The van der Waals surface area contributed by atoms with Crippen LogP contribution in [0.3, 0.4) is 0 Å². The number of hydrogen-bond acceptors (Lipinski definition) is 5. The van der Waals surface area contributed by atoms with Crippen molar-refractivity contribution in [2.75, 3.05) is 26.5 Å². The van der Waals surface area contributed by atoms with E-state index in [1.54, 1.807) is 0 Å². The van der Waals surface area contributed by atoms with Gasteiger partial charge in [-0.25, -0.2) is 0 Å². The van der Waals surface area contributed by atoms with Crippen LogP contribution >= 0.6 is 0 Å². The lowest BCUT2D eigenvalue weighted by atomic mass is 10.2. The van der Waals surface area contributed by atoms with E-state index in [4.69, 9.17) is 14.2 Å². The van der Waals surface area contributed by atoms with Crippen molar-refractivity contribution in [2.24, 2.45) is 0 Å². The van der Waals surface area contributed by atoms with Crippen LogP contribution in [-0.2, 0) is 16.1 Å². The zero-order valence-electron chi connectivity index (χ0n) is 10.5. The van der Waals surface area contributed by atoms with Crippen molar-refractivity contribution in [2.45, 2.75) is 12.6 Å². The highest BCUT2D eigenvalue weighted by Crippen LogP contribution is 2.35. The van der Waals surface area contributed by atoms with Crippen LogP contribution in [0.25, 0.3) is 0 Å². The number of morpholine rings is 1. The van der Waals surface area contributed by atoms with Crippen molar-refractivity contribution in [3.63, 3.8) is 0 Å². The Balaban J connectivity index is 1.60. The number of hydrogen-bond donors (Lipinski definition) is 2. The summed E-state index contributed by atoms with van der Waals surface area (Å²) >= 11 is 0. The molecule has 0 bridgehead atoms. The van der Waals surface area contributed by atoms with Gasteiger partial charge in [0.2, 0.25) is 6.79 Å². The summed E-state index contributed by atoms with van der Waals surface area (Å²) in [5.41, 5.74) is 0.909. The van der Waals surface area contributed by atoms with Crippen LogP contribution in [0.15, 0.2) is 18.2 Å². The monoisotopic (exact) mass is 264 g/mol. The fourth-order valence-electron chi connectivity index (χ4n) is 2.16. The normalized spacial score (nSPS) is 21.2. The van der Waals surface area contributed by atoms with E-state index in [2.05, 4.69) is 10.6 Å². The van der Waals surface area contributed by atoms with Crippen LogP contribution in [0, 0.1) is 0 Å². The third kappa shape index (κ3) is 2.64. The highest BCUT2D eigenvalue weighted by molar-refractivity contribution is 5.81. The molecule has 0 aromatic heterocycles. The summed E-state index contributed by atoms with van der Waals surface area (Å²) in [7, 11) is 0. The lowest BCUT2D eigenvalue weighted by molar-refractivity contribution is -0.134. The summed E-state index contributed by atoms with van der Waals surface area (Å²) < 4.78 is 16.1. The van der Waals surface area contributed by atoms with Crippen molar-refractivity contribution in [3.8, 4) is 11.5 Å². The van der Waals surface area contributed by atoms with Crippen molar-refractivity contribution >= 4 is 5.91 Å². The number of rotatable bonds is 3. The Morgan fingerprint density at radius 3 is 3.21 bits per heavy atom. The third-order valence-corrected chi connectivity index (χ3v) is 3.15. The first kappa shape index (κ1) is 12.3. The molecule has 102 valence electrons. The molecule has 19 heavy (non-hydrogen) atoms. The first-order chi connectivity index (χ1) is 9.34. The molecule has 0 radical (unpaired) electrons. The average molecular weight is 264 g/mol. The van der Waals surface area contributed by atoms with E-state index in [0.29, 0.717) is 25.4 Å². The van der Waals surface area contributed by atoms with Gasteiger partial charge in [0.25, 0.3) is 5.91 Å². The van der Waals surface area contributed by atoms with Gasteiger partial charge in [0, 0.05) is 25.2 Å². The molecular formula is C13H16N2O4. The van der Waals surface area contributed by atoms with E-state index in [-0.39, 0.29) is 12.7 Å². The minimum atomic E-state index is -0.414. The predicted molar refractivity (Wildman–Crippen MR) is 67.0 cm³/mol. The van der Waals surface area contributed by atoms with Gasteiger partial charge in [-0.3, -0.25) is 4.79 Å². The van der Waals surface area contributed by atoms with Crippen molar-refractivity contribution in [3.05, 3.63) is 23.8 Å². The Labute approximate surface area is 111 Å². The van der Waals surface area contributed by atoms with Crippen molar-refractivity contribution in [1.29, 1.82) is 0 Å². The summed E-state index contributed by atoms with van der Waals surface area (Å²) in [6.07, 6.45) is -0.414. The van der Waals surface area contributed by atoms with Gasteiger partial charge >= 0.3 is 0 Å². The van der Waals surface area contributed by atoms with Gasteiger partial charge in [-0.2, -0.15) is 0 Å². The van der Waals surface area contributed by atoms with Crippen LogP contribution in [0.5, 0.6) is 11.5 Å². The van der Waals surface area contributed by atoms with E-state index >= 15 is 0 Å². The molecule has 1 aromatic carbocycles. The molecule has 2 heterocycles. The smallest absolute Gasteiger partial charge is 0.250 e. The molecule has 1 atom stereocenters. The molecule has 2 aliphatic rings. The molecule has 6 nitrogen and oxygen atoms in total. The highest BCUT2D eigenvalue weighted by Gasteiger charge is 2.22. The second-order valence-corrected chi connectivity index (χ2v) is 4.43. The van der Waals surface area contributed by atoms with E-state index < -0.39 is 6.10 Å². The van der Waals surface area contributed by atoms with Gasteiger partial charge in [0.15, 0.2) is 11.5 Å². The highest BCUT2D eigenvalue weighted by atomic mass is 16.7. The summed E-state index contributed by atoms with van der Waals surface area (Å²) in [5, 5.41) is 5.98. The second-order valence-electron chi connectivity index (χ2n) is 4.43. The molecule has 0 spiro atoms. The summed E-state index contributed by atoms with van der Waals surface area (Å²) in [4.78, 5) is 11.9. The van der Waals surface area contributed by atoms with Crippen LogP contribution in [0.4, 0.5) is 0 Å². The number of fused-ring (bicyclic) bond motifs is 1. The standard InChI is InChI=1S/C13H16N2O4/c16-13(11-7-14-4-5-17-11)15-6-9-2-1-3-10-12(9)19-8-18-10/h1-3,11,14H,4-8H2,(H,15,16). The van der Waals surface area contributed by atoms with Gasteiger partial charge in [0.05, 0.1) is 6.61 Å². The Morgan fingerprint density at radius 1 is 1.42 bits per heavy atom. The van der Waals surface area contributed by atoms with Gasteiger partial charge in [-0.1, -0.05) is 12.1 Å². The van der Waals surface area contributed by atoms with Crippen LogP contribution in [0.2, 0.25) is 0 Å². The molecule has 2 aliphatic heterocycles. The van der Waals surface area contributed by atoms with Gasteiger partial charge in [-0.15, -0.1) is 0 Å². The SMILES string of the molecule is O=C(NCc1cccc2c1OCO2)C1CNCCO1. The fourth-order valence-corrected chi connectivity index (χ4v) is 2.16. The number of amides is 1. The second kappa shape index (κ2) is 5.46. The molecule has 1 amide bonds. The van der Waals surface area contributed by atoms with Crippen LogP contribution in [0.1, 0.15) is 5.56 Å². The zero-order chi connectivity index (χ0) is 13.1. The van der Waals surface area contributed by atoms with Gasteiger partial charge in [0.1, 0.15) is 6.10 Å². The number of para-hydroxylation sites is 1. The predicted octanol–water partition coefficient (Wildman–Crippen LogP) is 0.0199. The molecule has 3 rings (SSSR count). The maximum atomic E-state index is 11.9. The topological polar surface area (TPSA) is 68.8 Å². The zero-order valence-corrected chi connectivity index (χ0v) is 10.5. The lowest BCUT2D eigenvalue weighted by Gasteiger charge is -2.22. The minimum absolute atomic E-state index is 0.108. The fraction of sp³-hybridized carbons (Fsp3) is 0.462. The Kier molecular flexibility index (Phi) is 3.52. The molecule has 0 saturated carbocycles. The maximum absolute atomic E-state index is 11.9. The van der Waals surface area contributed by atoms with E-state index in [9.17, 15) is 4.79 Å². The Morgan fingerprint density at radius 2 is 2.37 bits per heavy atom. The number of nitrogens with one attached hydrogen (secondary N) is 2. The summed E-state index contributed by atoms with van der Waals surface area (Å²) in [6, 6.07) is 5.64. The number of benzene rings is 1. The van der Waals surface area contributed by atoms with E-state index in [0.717, 1.165) is 17.9 Å². The van der Waals surface area contributed by atoms with Gasteiger partial charge < -0.3 is 24.8 Å². The maximum Gasteiger partial charge on any atom is 0.250 e. The molecule has 0 aliphatic carbocycles. The van der Waals surface area contributed by atoms with E-state index in [1.807, 2.05) is 18.2 Å². The summed E-state index contributed by atoms with van der Waals surface area (Å²) in [6.45, 7) is 2.55. The van der Waals surface area contributed by atoms with Crippen molar-refractivity contribution < 1.29 is 19.0 Å². The largest absolute Gasteiger partial charge is 0.454 e. The molecule has 2 N–H and O–H groups in total. The average Bonchev–Trinajstić information content (AvgIpc) is 2.94. The molecular weight excluding hydrogens is 248 g/mol. The van der Waals surface area contributed by atoms with E-state index in [1.165, 1.54) is 0 Å². The third-order valence-electron chi connectivity index (χ3n) is 3.15. The first-order valence-corrected chi connectivity index (χ1v) is 6.32. The van der Waals surface area contributed by atoms with Gasteiger partial charge in [-0.05, 0) is 6.07 Å². The minimum Gasteiger partial charge on any atom is -0.454 e. The molecule has 1 aromatic rings. The number of carbonyl (C=O) groups is 1. The molecule has 1 unspecified atom stereocenters.